The van der Waals surface area contributed by atoms with Crippen molar-refractivity contribution in [2.24, 2.45) is 0 Å². The number of piperazine rings is 1. The van der Waals surface area contributed by atoms with Gasteiger partial charge in [-0.3, -0.25) is 14.5 Å². The van der Waals surface area contributed by atoms with Gasteiger partial charge in [0.25, 0.3) is 5.91 Å². The molecule has 6 heteroatoms. The summed E-state index contributed by atoms with van der Waals surface area (Å²) in [6.07, 6.45) is 0. The van der Waals surface area contributed by atoms with Gasteiger partial charge in [0.05, 0.1) is 0 Å². The molecule has 0 aromatic heterocycles. The van der Waals surface area contributed by atoms with Crippen LogP contribution in [0.3, 0.4) is 0 Å². The fourth-order valence-corrected chi connectivity index (χ4v) is 3.31. The molecule has 1 aliphatic rings. The lowest BCUT2D eigenvalue weighted by molar-refractivity contribution is -0.134. The van der Waals surface area contributed by atoms with Gasteiger partial charge in [-0.15, -0.1) is 0 Å². The van der Waals surface area contributed by atoms with E-state index in [1.807, 2.05) is 23.1 Å². The molecule has 2 aromatic carbocycles. The second-order valence-corrected chi connectivity index (χ2v) is 7.23. The molecule has 27 heavy (non-hydrogen) atoms. The third-order valence-corrected chi connectivity index (χ3v) is 5.01. The number of carbonyl (C=O) groups is 2. The lowest BCUT2D eigenvalue weighted by Gasteiger charge is -2.36. The Bertz CT molecular complexity index is 772. The molecule has 0 aliphatic carbocycles. The van der Waals surface area contributed by atoms with Crippen LogP contribution in [0, 0.1) is 0 Å². The van der Waals surface area contributed by atoms with Crippen LogP contribution in [0.4, 0.5) is 0 Å². The molecule has 2 amide bonds. The standard InChI is InChI=1S/C21H24ClN3O2/c1-16(23-20(26)18-7-9-19(22)10-8-18)21(27)25-13-11-24(12-14-25)15-17-5-3-2-4-6-17/h2-10,16H,11-15H2,1H3,(H,23,26)/t16-/m1/s1. The Morgan fingerprint density at radius 2 is 1.63 bits per heavy atom. The minimum absolute atomic E-state index is 0.0447. The zero-order valence-electron chi connectivity index (χ0n) is 15.4. The number of nitrogens with one attached hydrogen (secondary N) is 1. The van der Waals surface area contributed by atoms with Crippen molar-refractivity contribution < 1.29 is 9.59 Å². The molecule has 1 aliphatic heterocycles. The molecule has 1 atom stereocenters. The normalized spacial score (nSPS) is 16.0. The Labute approximate surface area is 164 Å². The molecule has 142 valence electrons. The highest BCUT2D eigenvalue weighted by Crippen LogP contribution is 2.11. The number of hydrogen-bond acceptors (Lipinski definition) is 3. The number of nitrogens with zero attached hydrogens (tertiary/aromatic N) is 2. The molecule has 2 aromatic rings. The fourth-order valence-electron chi connectivity index (χ4n) is 3.18. The molecule has 0 saturated carbocycles. The summed E-state index contributed by atoms with van der Waals surface area (Å²) in [6.45, 7) is 5.63. The zero-order chi connectivity index (χ0) is 19.2. The highest BCUT2D eigenvalue weighted by Gasteiger charge is 2.26. The van der Waals surface area contributed by atoms with Gasteiger partial charge >= 0.3 is 0 Å². The van der Waals surface area contributed by atoms with Crippen LogP contribution >= 0.6 is 11.6 Å². The van der Waals surface area contributed by atoms with Gasteiger partial charge in [0.1, 0.15) is 6.04 Å². The third-order valence-electron chi connectivity index (χ3n) is 4.76. The minimum Gasteiger partial charge on any atom is -0.341 e. The first kappa shape index (κ1) is 19.4. The van der Waals surface area contributed by atoms with Crippen molar-refractivity contribution in [1.29, 1.82) is 0 Å². The summed E-state index contributed by atoms with van der Waals surface area (Å²) in [7, 11) is 0. The molecular formula is C21H24ClN3O2. The van der Waals surface area contributed by atoms with Crippen molar-refractivity contribution >= 4 is 23.4 Å². The summed E-state index contributed by atoms with van der Waals surface area (Å²) in [5.74, 6) is -0.313. The van der Waals surface area contributed by atoms with E-state index in [-0.39, 0.29) is 11.8 Å². The summed E-state index contributed by atoms with van der Waals surface area (Å²) in [5.41, 5.74) is 1.77. The van der Waals surface area contributed by atoms with Crippen molar-refractivity contribution in [1.82, 2.24) is 15.1 Å². The Hall–Kier alpha value is -2.37. The smallest absolute Gasteiger partial charge is 0.251 e. The number of halogens is 1. The minimum atomic E-state index is -0.561. The van der Waals surface area contributed by atoms with E-state index in [1.165, 1.54) is 5.56 Å². The largest absolute Gasteiger partial charge is 0.341 e. The van der Waals surface area contributed by atoms with Gasteiger partial charge in [-0.1, -0.05) is 41.9 Å². The number of amides is 2. The van der Waals surface area contributed by atoms with E-state index in [9.17, 15) is 9.59 Å². The van der Waals surface area contributed by atoms with E-state index in [0.717, 1.165) is 19.6 Å². The van der Waals surface area contributed by atoms with E-state index in [1.54, 1.807) is 31.2 Å². The molecule has 0 spiro atoms. The Morgan fingerprint density at radius 1 is 1.00 bits per heavy atom. The first-order valence-electron chi connectivity index (χ1n) is 9.14. The van der Waals surface area contributed by atoms with E-state index in [4.69, 9.17) is 11.6 Å². The van der Waals surface area contributed by atoms with E-state index < -0.39 is 6.04 Å². The van der Waals surface area contributed by atoms with Crippen LogP contribution in [0.25, 0.3) is 0 Å². The quantitative estimate of drug-likeness (QED) is 0.861. The Morgan fingerprint density at radius 3 is 2.26 bits per heavy atom. The molecule has 1 fully saturated rings. The van der Waals surface area contributed by atoms with Crippen LogP contribution in [0.2, 0.25) is 5.02 Å². The van der Waals surface area contributed by atoms with Crippen LogP contribution in [-0.4, -0.2) is 53.8 Å². The molecule has 1 heterocycles. The van der Waals surface area contributed by atoms with E-state index in [2.05, 4.69) is 22.3 Å². The number of hydrogen-bond donors (Lipinski definition) is 1. The van der Waals surface area contributed by atoms with Crippen molar-refractivity contribution in [2.75, 3.05) is 26.2 Å². The van der Waals surface area contributed by atoms with E-state index in [0.29, 0.717) is 23.7 Å². The average molecular weight is 386 g/mol. The van der Waals surface area contributed by atoms with Gasteiger partial charge in [0.15, 0.2) is 0 Å². The molecule has 0 unspecified atom stereocenters. The van der Waals surface area contributed by atoms with Crippen molar-refractivity contribution in [3.8, 4) is 0 Å². The second kappa shape index (κ2) is 9.02. The fraction of sp³-hybridized carbons (Fsp3) is 0.333. The van der Waals surface area contributed by atoms with Crippen molar-refractivity contribution in [3.05, 3.63) is 70.7 Å². The Balaban J connectivity index is 1.48. The SMILES string of the molecule is C[C@@H](NC(=O)c1ccc(Cl)cc1)C(=O)N1CCN(Cc2ccccc2)CC1. The van der Waals surface area contributed by atoms with Crippen molar-refractivity contribution in [3.63, 3.8) is 0 Å². The predicted octanol–water partition coefficient (Wildman–Crippen LogP) is 2.80. The van der Waals surface area contributed by atoms with Gasteiger partial charge < -0.3 is 10.2 Å². The molecule has 0 bridgehead atoms. The lowest BCUT2D eigenvalue weighted by Crippen LogP contribution is -2.53. The van der Waals surface area contributed by atoms with Crippen LogP contribution < -0.4 is 5.32 Å². The summed E-state index contributed by atoms with van der Waals surface area (Å²) >= 11 is 5.84. The maximum absolute atomic E-state index is 12.7. The molecule has 1 saturated heterocycles. The maximum atomic E-state index is 12.7. The number of carbonyl (C=O) groups excluding carboxylic acids is 2. The van der Waals surface area contributed by atoms with Crippen LogP contribution in [-0.2, 0) is 11.3 Å². The van der Waals surface area contributed by atoms with Crippen LogP contribution in [0.15, 0.2) is 54.6 Å². The monoisotopic (exact) mass is 385 g/mol. The predicted molar refractivity (Wildman–Crippen MR) is 107 cm³/mol. The zero-order valence-corrected chi connectivity index (χ0v) is 16.2. The topological polar surface area (TPSA) is 52.7 Å². The van der Waals surface area contributed by atoms with Crippen LogP contribution in [0.1, 0.15) is 22.8 Å². The molecular weight excluding hydrogens is 362 g/mol. The van der Waals surface area contributed by atoms with Gasteiger partial charge in [0.2, 0.25) is 5.91 Å². The summed E-state index contributed by atoms with van der Waals surface area (Å²) < 4.78 is 0. The summed E-state index contributed by atoms with van der Waals surface area (Å²) in [6, 6.07) is 16.4. The average Bonchev–Trinajstić information content (AvgIpc) is 2.69. The third kappa shape index (κ3) is 5.31. The first-order valence-corrected chi connectivity index (χ1v) is 9.52. The summed E-state index contributed by atoms with van der Waals surface area (Å²) in [5, 5.41) is 3.35. The molecule has 1 N–H and O–H groups in total. The lowest BCUT2D eigenvalue weighted by atomic mass is 10.1. The highest BCUT2D eigenvalue weighted by molar-refractivity contribution is 6.30. The summed E-state index contributed by atoms with van der Waals surface area (Å²) in [4.78, 5) is 29.1. The number of rotatable bonds is 5. The van der Waals surface area contributed by atoms with Gasteiger partial charge in [-0.05, 0) is 36.8 Å². The number of benzene rings is 2. The van der Waals surface area contributed by atoms with E-state index >= 15 is 0 Å². The molecule has 5 nitrogen and oxygen atoms in total. The Kier molecular flexibility index (Phi) is 6.48. The molecule has 0 radical (unpaired) electrons. The first-order chi connectivity index (χ1) is 13.0. The second-order valence-electron chi connectivity index (χ2n) is 6.79. The molecule has 3 rings (SSSR count). The van der Waals surface area contributed by atoms with Crippen LogP contribution in [0.5, 0.6) is 0 Å². The van der Waals surface area contributed by atoms with Crippen molar-refractivity contribution in [2.45, 2.75) is 19.5 Å². The highest BCUT2D eigenvalue weighted by atomic mass is 35.5. The van der Waals surface area contributed by atoms with Gasteiger partial charge in [0, 0.05) is 43.3 Å². The van der Waals surface area contributed by atoms with Gasteiger partial charge in [-0.25, -0.2) is 0 Å². The maximum Gasteiger partial charge on any atom is 0.251 e. The van der Waals surface area contributed by atoms with Gasteiger partial charge in [-0.2, -0.15) is 0 Å².